The maximum Gasteiger partial charge on any atom is 1.00 e. The molecule has 1 fully saturated rings. The minimum atomic E-state index is -0.952. The molecule has 1 rings (SSSR count). The number of piperidine rings is 1. The molecule has 0 N–H and O–H groups in total. The van der Waals surface area contributed by atoms with Gasteiger partial charge in [-0.15, -0.1) is 0 Å². The van der Waals surface area contributed by atoms with Gasteiger partial charge in [-0.05, 0) is 32.9 Å². The topological polar surface area (TPSA) is 43.4 Å². The quantitative estimate of drug-likeness (QED) is 0.415. The van der Waals surface area contributed by atoms with E-state index in [2.05, 4.69) is 0 Å². The maximum atomic E-state index is 10.4. The maximum absolute atomic E-state index is 10.4. The van der Waals surface area contributed by atoms with Crippen molar-refractivity contribution in [2.45, 2.75) is 32.2 Å². The molecule has 0 spiro atoms. The average Bonchev–Trinajstić information content (AvgIpc) is 2.05. The van der Waals surface area contributed by atoms with Crippen molar-refractivity contribution in [3.63, 3.8) is 0 Å². The number of hydrogen-bond acceptors (Lipinski definition) is 3. The molecule has 1 aliphatic heterocycles. The number of nitrogens with zero attached hydrogens (tertiary/aromatic N) is 1. The monoisotopic (exact) mass is 179 g/mol. The Morgan fingerprint density at radius 3 is 2.25 bits per heavy atom. The van der Waals surface area contributed by atoms with Gasteiger partial charge in [-0.2, -0.15) is 0 Å². The van der Waals surface area contributed by atoms with E-state index in [1.54, 1.807) is 6.92 Å². The van der Waals surface area contributed by atoms with Gasteiger partial charge in [0.05, 0.1) is 5.97 Å². The summed E-state index contributed by atoms with van der Waals surface area (Å²) in [6, 6.07) is -0.407. The van der Waals surface area contributed by atoms with Gasteiger partial charge >= 0.3 is 29.6 Å². The van der Waals surface area contributed by atoms with Crippen LogP contribution in [0.15, 0.2) is 0 Å². The molecule has 1 saturated heterocycles. The third-order valence-electron chi connectivity index (χ3n) is 2.28. The van der Waals surface area contributed by atoms with Crippen molar-refractivity contribution >= 4 is 5.97 Å². The summed E-state index contributed by atoms with van der Waals surface area (Å²) in [4.78, 5) is 12.4. The molecule has 64 valence electrons. The van der Waals surface area contributed by atoms with Crippen LogP contribution in [0.4, 0.5) is 0 Å². The molecule has 0 bridgehead atoms. The number of aliphatic carboxylic acids is 1. The summed E-state index contributed by atoms with van der Waals surface area (Å²) in [5.74, 6) is -0.952. The van der Waals surface area contributed by atoms with Gasteiger partial charge in [0.15, 0.2) is 0 Å². The van der Waals surface area contributed by atoms with Crippen LogP contribution in [0.25, 0.3) is 0 Å². The van der Waals surface area contributed by atoms with Gasteiger partial charge in [-0.25, -0.2) is 0 Å². The second-order valence-electron chi connectivity index (χ2n) is 3.09. The van der Waals surface area contributed by atoms with Gasteiger partial charge in [0.2, 0.25) is 0 Å². The van der Waals surface area contributed by atoms with Crippen LogP contribution >= 0.6 is 0 Å². The van der Waals surface area contributed by atoms with Crippen LogP contribution in [0, 0.1) is 0 Å². The van der Waals surface area contributed by atoms with Crippen LogP contribution in [-0.2, 0) is 4.79 Å². The zero-order chi connectivity index (χ0) is 8.27. The predicted molar refractivity (Wildman–Crippen MR) is 39.9 cm³/mol. The number of rotatable bonds is 2. The van der Waals surface area contributed by atoms with Crippen molar-refractivity contribution < 1.29 is 39.5 Å². The third kappa shape index (κ3) is 3.44. The summed E-state index contributed by atoms with van der Waals surface area (Å²) in [5, 5.41) is 10.4. The molecule has 1 atom stereocenters. The Bertz CT molecular complexity index is 146. The van der Waals surface area contributed by atoms with Crippen molar-refractivity contribution in [1.29, 1.82) is 0 Å². The normalized spacial score (nSPS) is 21.1. The van der Waals surface area contributed by atoms with Gasteiger partial charge in [0.1, 0.15) is 0 Å². The zero-order valence-electron chi connectivity index (χ0n) is 7.88. The fourth-order valence-electron chi connectivity index (χ4n) is 1.45. The number of likely N-dealkylation sites (tertiary alicyclic amines) is 1. The Morgan fingerprint density at radius 1 is 1.33 bits per heavy atom. The first-order valence-electron chi connectivity index (χ1n) is 4.16. The van der Waals surface area contributed by atoms with Crippen molar-refractivity contribution in [1.82, 2.24) is 4.90 Å². The first-order chi connectivity index (χ1) is 5.22. The molecule has 0 aromatic heterocycles. The molecule has 12 heavy (non-hydrogen) atoms. The van der Waals surface area contributed by atoms with E-state index >= 15 is 0 Å². The molecule has 0 saturated carbocycles. The molecule has 0 unspecified atom stereocenters. The van der Waals surface area contributed by atoms with E-state index in [1.807, 2.05) is 4.90 Å². The molecule has 0 radical (unpaired) electrons. The van der Waals surface area contributed by atoms with Crippen LogP contribution in [0.2, 0.25) is 0 Å². The molecule has 3 nitrogen and oxygen atoms in total. The Morgan fingerprint density at radius 2 is 1.83 bits per heavy atom. The zero-order valence-corrected chi connectivity index (χ0v) is 9.88. The number of carboxylic acid groups (broad SMARTS) is 1. The van der Waals surface area contributed by atoms with Crippen LogP contribution in [0.5, 0.6) is 0 Å². The summed E-state index contributed by atoms with van der Waals surface area (Å²) >= 11 is 0. The van der Waals surface area contributed by atoms with Gasteiger partial charge < -0.3 is 9.90 Å². The van der Waals surface area contributed by atoms with E-state index in [0.29, 0.717) is 0 Å². The van der Waals surface area contributed by atoms with E-state index < -0.39 is 12.0 Å². The molecular formula is C8H14NNaO2. The van der Waals surface area contributed by atoms with Crippen LogP contribution in [-0.4, -0.2) is 30.0 Å². The fourth-order valence-corrected chi connectivity index (χ4v) is 1.45. The summed E-state index contributed by atoms with van der Waals surface area (Å²) in [6.07, 6.45) is 3.48. The predicted octanol–water partition coefficient (Wildman–Crippen LogP) is -3.39. The molecule has 0 aromatic rings. The van der Waals surface area contributed by atoms with E-state index in [9.17, 15) is 9.90 Å². The van der Waals surface area contributed by atoms with Crippen molar-refractivity contribution in [2.75, 3.05) is 13.1 Å². The summed E-state index contributed by atoms with van der Waals surface area (Å²) in [5.41, 5.74) is 0. The van der Waals surface area contributed by atoms with Gasteiger partial charge in [-0.3, -0.25) is 4.90 Å². The molecule has 0 aromatic carbocycles. The molecule has 1 aliphatic rings. The number of carboxylic acids is 1. The largest absolute Gasteiger partial charge is 1.00 e. The SMILES string of the molecule is C[C@@H](C(=O)[O-])N1CCCCC1.[Na+]. The van der Waals surface area contributed by atoms with Gasteiger partial charge in [0, 0.05) is 6.04 Å². The Hall–Kier alpha value is 0.430. The summed E-state index contributed by atoms with van der Waals surface area (Å²) < 4.78 is 0. The van der Waals surface area contributed by atoms with Crippen LogP contribution in [0.1, 0.15) is 26.2 Å². The molecule has 4 heteroatoms. The number of hydrogen-bond donors (Lipinski definition) is 0. The molecule has 0 amide bonds. The summed E-state index contributed by atoms with van der Waals surface area (Å²) in [6.45, 7) is 3.52. The number of carbonyl (C=O) groups excluding carboxylic acids is 1. The van der Waals surface area contributed by atoms with Gasteiger partial charge in [0.25, 0.3) is 0 Å². The van der Waals surface area contributed by atoms with Crippen molar-refractivity contribution in [2.24, 2.45) is 0 Å². The van der Waals surface area contributed by atoms with Gasteiger partial charge in [-0.1, -0.05) is 6.42 Å². The smallest absolute Gasteiger partial charge is 0.548 e. The molecule has 1 heterocycles. The van der Waals surface area contributed by atoms with Crippen molar-refractivity contribution in [3.8, 4) is 0 Å². The standard InChI is InChI=1S/C8H15NO2.Na/c1-7(8(10)11)9-5-3-2-4-6-9;/h7H,2-6H2,1H3,(H,10,11);/q;+1/p-1/t7-;/m0./s1. The molecular weight excluding hydrogens is 165 g/mol. The van der Waals surface area contributed by atoms with Crippen LogP contribution < -0.4 is 34.7 Å². The van der Waals surface area contributed by atoms with Crippen LogP contribution in [0.3, 0.4) is 0 Å². The third-order valence-corrected chi connectivity index (χ3v) is 2.28. The fraction of sp³-hybridized carbons (Fsp3) is 0.875. The minimum absolute atomic E-state index is 0. The average molecular weight is 179 g/mol. The Kier molecular flexibility index (Phi) is 6.19. The second kappa shape index (κ2) is 5.97. The first kappa shape index (κ1) is 12.4. The second-order valence-corrected chi connectivity index (χ2v) is 3.09. The van der Waals surface area contributed by atoms with E-state index in [-0.39, 0.29) is 29.6 Å². The number of carbonyl (C=O) groups is 1. The van der Waals surface area contributed by atoms with E-state index in [1.165, 1.54) is 6.42 Å². The molecule has 0 aliphatic carbocycles. The Balaban J connectivity index is 0.00000121. The van der Waals surface area contributed by atoms with E-state index in [0.717, 1.165) is 25.9 Å². The summed E-state index contributed by atoms with van der Waals surface area (Å²) in [7, 11) is 0. The van der Waals surface area contributed by atoms with E-state index in [4.69, 9.17) is 0 Å². The minimum Gasteiger partial charge on any atom is -0.548 e. The first-order valence-corrected chi connectivity index (χ1v) is 4.16. The Labute approximate surface area is 95.4 Å². The van der Waals surface area contributed by atoms with Crippen molar-refractivity contribution in [3.05, 3.63) is 0 Å².